The molecule has 0 aliphatic rings. The summed E-state index contributed by atoms with van der Waals surface area (Å²) < 4.78 is 63.3. The van der Waals surface area contributed by atoms with Gasteiger partial charge in [0.15, 0.2) is 0 Å². The highest BCUT2D eigenvalue weighted by atomic mass is 32.2. The molecule has 1 rings (SSSR count). The molecule has 1 aromatic rings. The van der Waals surface area contributed by atoms with Gasteiger partial charge in [-0.05, 0) is 31.5 Å². The first-order valence-corrected chi connectivity index (χ1v) is 7.73. The van der Waals surface area contributed by atoms with Gasteiger partial charge in [0.1, 0.15) is 5.82 Å². The Morgan fingerprint density at radius 2 is 1.75 bits per heavy atom. The van der Waals surface area contributed by atoms with Crippen LogP contribution in [-0.2, 0) is 10.0 Å². The van der Waals surface area contributed by atoms with E-state index in [1.54, 1.807) is 6.92 Å². The van der Waals surface area contributed by atoms with Gasteiger partial charge in [0, 0.05) is 19.5 Å². The normalized spacial score (nSPS) is 14.6. The van der Waals surface area contributed by atoms with Crippen molar-refractivity contribution in [2.45, 2.75) is 32.2 Å². The van der Waals surface area contributed by atoms with E-state index in [4.69, 9.17) is 0 Å². The third-order valence-corrected chi connectivity index (χ3v) is 5.05. The zero-order valence-electron chi connectivity index (χ0n) is 11.6. The maximum Gasteiger partial charge on any atom is 0.246 e. The molecule has 1 atom stereocenters. The lowest BCUT2D eigenvalue weighted by Gasteiger charge is -2.25. The molecule has 0 aromatic heterocycles. The predicted molar refractivity (Wildman–Crippen MR) is 71.6 cm³/mol. The third-order valence-electron chi connectivity index (χ3n) is 3.14. The van der Waals surface area contributed by atoms with E-state index < -0.39 is 40.0 Å². The van der Waals surface area contributed by atoms with Crippen molar-refractivity contribution in [1.82, 2.24) is 4.31 Å². The molecule has 0 aliphatic carbocycles. The molecular formula is C13H18F3NO2S. The second-order valence-corrected chi connectivity index (χ2v) is 7.03. The lowest BCUT2D eigenvalue weighted by molar-refractivity contribution is 0.0186. The zero-order valence-corrected chi connectivity index (χ0v) is 12.4. The molecule has 0 radical (unpaired) electrons. The number of hydrogen-bond donors (Lipinski definition) is 0. The SMILES string of the molecule is CC(c1ccc(F)cc1)N(C)S(=O)(=O)CCC(C)(F)F. The van der Waals surface area contributed by atoms with Gasteiger partial charge in [0.2, 0.25) is 15.9 Å². The predicted octanol–water partition coefficient (Wildman–Crippen LogP) is 3.19. The Hall–Kier alpha value is -1.08. The molecule has 0 saturated heterocycles. The second-order valence-electron chi connectivity index (χ2n) is 4.88. The molecule has 0 spiro atoms. The topological polar surface area (TPSA) is 37.4 Å². The van der Waals surface area contributed by atoms with Gasteiger partial charge in [-0.2, -0.15) is 4.31 Å². The molecule has 0 bridgehead atoms. The lowest BCUT2D eigenvalue weighted by Crippen LogP contribution is -2.33. The van der Waals surface area contributed by atoms with Crippen LogP contribution in [0.1, 0.15) is 31.9 Å². The average Bonchev–Trinajstić information content (AvgIpc) is 2.35. The molecule has 0 aliphatic heterocycles. The van der Waals surface area contributed by atoms with Crippen molar-refractivity contribution in [3.8, 4) is 0 Å². The Balaban J connectivity index is 2.82. The van der Waals surface area contributed by atoms with E-state index in [-0.39, 0.29) is 0 Å². The van der Waals surface area contributed by atoms with Crippen molar-refractivity contribution in [1.29, 1.82) is 0 Å². The molecule has 114 valence electrons. The minimum absolute atomic E-state index is 0.419. The van der Waals surface area contributed by atoms with E-state index in [0.29, 0.717) is 12.5 Å². The minimum Gasteiger partial charge on any atom is -0.212 e. The van der Waals surface area contributed by atoms with Gasteiger partial charge in [-0.1, -0.05) is 12.1 Å². The highest BCUT2D eigenvalue weighted by Gasteiger charge is 2.29. The van der Waals surface area contributed by atoms with Gasteiger partial charge in [0.05, 0.1) is 5.75 Å². The molecule has 0 saturated carbocycles. The maximum absolute atomic E-state index is 12.8. The van der Waals surface area contributed by atoms with Crippen molar-refractivity contribution in [3.05, 3.63) is 35.6 Å². The quantitative estimate of drug-likeness (QED) is 0.809. The fraction of sp³-hybridized carbons (Fsp3) is 0.538. The monoisotopic (exact) mass is 309 g/mol. The number of alkyl halides is 2. The number of halogens is 3. The third kappa shape index (κ3) is 4.79. The van der Waals surface area contributed by atoms with Crippen LogP contribution in [0.15, 0.2) is 24.3 Å². The van der Waals surface area contributed by atoms with Crippen molar-refractivity contribution < 1.29 is 21.6 Å². The van der Waals surface area contributed by atoms with E-state index in [9.17, 15) is 21.6 Å². The smallest absolute Gasteiger partial charge is 0.212 e. The van der Waals surface area contributed by atoms with Crippen LogP contribution in [0.5, 0.6) is 0 Å². The minimum atomic E-state index is -3.79. The first-order chi connectivity index (χ1) is 9.03. The van der Waals surface area contributed by atoms with Crippen molar-refractivity contribution in [2.24, 2.45) is 0 Å². The first-order valence-electron chi connectivity index (χ1n) is 6.12. The van der Waals surface area contributed by atoms with Crippen molar-refractivity contribution >= 4 is 10.0 Å². The summed E-state index contributed by atoms with van der Waals surface area (Å²) in [6.45, 7) is 2.31. The Labute approximate surface area is 117 Å². The molecule has 20 heavy (non-hydrogen) atoms. The molecule has 3 nitrogen and oxygen atoms in total. The number of benzene rings is 1. The molecular weight excluding hydrogens is 291 g/mol. The molecule has 0 N–H and O–H groups in total. The number of rotatable bonds is 6. The van der Waals surface area contributed by atoms with Gasteiger partial charge < -0.3 is 0 Å². The highest BCUT2D eigenvalue weighted by molar-refractivity contribution is 7.89. The summed E-state index contributed by atoms with van der Waals surface area (Å²) in [5.74, 6) is -4.07. The second kappa shape index (κ2) is 6.13. The summed E-state index contributed by atoms with van der Waals surface area (Å²) >= 11 is 0. The summed E-state index contributed by atoms with van der Waals surface area (Å²) in [6.07, 6.45) is -0.726. The zero-order chi connectivity index (χ0) is 15.6. The molecule has 0 amide bonds. The van der Waals surface area contributed by atoms with Crippen LogP contribution in [0.4, 0.5) is 13.2 Å². The van der Waals surface area contributed by atoms with E-state index in [2.05, 4.69) is 0 Å². The van der Waals surface area contributed by atoms with Crippen LogP contribution < -0.4 is 0 Å². The van der Waals surface area contributed by atoms with Gasteiger partial charge in [-0.15, -0.1) is 0 Å². The largest absolute Gasteiger partial charge is 0.246 e. The van der Waals surface area contributed by atoms with Gasteiger partial charge in [-0.3, -0.25) is 0 Å². The van der Waals surface area contributed by atoms with Crippen LogP contribution in [-0.4, -0.2) is 31.4 Å². The van der Waals surface area contributed by atoms with E-state index in [1.165, 1.54) is 31.3 Å². The van der Waals surface area contributed by atoms with Gasteiger partial charge in [0.25, 0.3) is 0 Å². The first kappa shape index (κ1) is 17.0. The van der Waals surface area contributed by atoms with Crippen LogP contribution in [0.3, 0.4) is 0 Å². The van der Waals surface area contributed by atoms with Crippen LogP contribution in [0.2, 0.25) is 0 Å². The van der Waals surface area contributed by atoms with Crippen LogP contribution >= 0.6 is 0 Å². The standard InChI is InChI=1S/C13H18F3NO2S/c1-10(11-4-6-12(14)7-5-11)17(3)20(18,19)9-8-13(2,15)16/h4-7,10H,8-9H2,1-3H3. The Morgan fingerprint density at radius 1 is 1.25 bits per heavy atom. The highest BCUT2D eigenvalue weighted by Crippen LogP contribution is 2.24. The summed E-state index contributed by atoms with van der Waals surface area (Å²) in [7, 11) is -2.46. The summed E-state index contributed by atoms with van der Waals surface area (Å²) in [5, 5.41) is 0. The Morgan fingerprint density at radius 3 is 2.20 bits per heavy atom. The molecule has 1 unspecified atom stereocenters. The lowest BCUT2D eigenvalue weighted by atomic mass is 10.1. The van der Waals surface area contributed by atoms with Crippen LogP contribution in [0.25, 0.3) is 0 Å². The fourth-order valence-corrected chi connectivity index (χ4v) is 3.15. The fourth-order valence-electron chi connectivity index (χ4n) is 1.64. The van der Waals surface area contributed by atoms with Crippen molar-refractivity contribution in [3.63, 3.8) is 0 Å². The maximum atomic E-state index is 12.8. The summed E-state index contributed by atoms with van der Waals surface area (Å²) in [5.41, 5.74) is 0.598. The summed E-state index contributed by atoms with van der Waals surface area (Å²) in [4.78, 5) is 0. The summed E-state index contributed by atoms with van der Waals surface area (Å²) in [6, 6.07) is 4.85. The van der Waals surface area contributed by atoms with E-state index in [0.717, 1.165) is 4.31 Å². The van der Waals surface area contributed by atoms with E-state index >= 15 is 0 Å². The van der Waals surface area contributed by atoms with Crippen LogP contribution in [0, 0.1) is 5.82 Å². The molecule has 0 fully saturated rings. The van der Waals surface area contributed by atoms with E-state index in [1.807, 2.05) is 0 Å². The van der Waals surface area contributed by atoms with Gasteiger partial charge in [-0.25, -0.2) is 21.6 Å². The Kier molecular flexibility index (Phi) is 5.21. The molecule has 7 heteroatoms. The Bertz CT molecular complexity index is 538. The average molecular weight is 309 g/mol. The van der Waals surface area contributed by atoms with Gasteiger partial charge >= 0.3 is 0 Å². The number of nitrogens with zero attached hydrogens (tertiary/aromatic N) is 1. The van der Waals surface area contributed by atoms with Crippen molar-refractivity contribution in [2.75, 3.05) is 12.8 Å². The molecule has 0 heterocycles. The number of hydrogen-bond acceptors (Lipinski definition) is 2. The number of sulfonamides is 1. The molecule has 1 aromatic carbocycles.